The average molecular weight is 439 g/mol. The summed E-state index contributed by atoms with van der Waals surface area (Å²) >= 11 is 0. The maximum absolute atomic E-state index is 13.3. The Labute approximate surface area is 193 Å². The zero-order valence-corrected chi connectivity index (χ0v) is 18.5. The maximum Gasteiger partial charge on any atom is 0.258 e. The van der Waals surface area contributed by atoms with Gasteiger partial charge in [-0.3, -0.25) is 9.59 Å². The van der Waals surface area contributed by atoms with E-state index in [4.69, 9.17) is 4.42 Å². The maximum atomic E-state index is 13.3. The number of nitrogens with zero attached hydrogens (tertiary/aromatic N) is 1. The van der Waals surface area contributed by atoms with Crippen LogP contribution in [0.2, 0.25) is 0 Å². The van der Waals surface area contributed by atoms with E-state index in [2.05, 4.69) is 5.32 Å². The van der Waals surface area contributed by atoms with E-state index in [1.54, 1.807) is 17.2 Å². The Morgan fingerprint density at radius 2 is 1.52 bits per heavy atom. The van der Waals surface area contributed by atoms with Crippen molar-refractivity contribution in [1.82, 2.24) is 5.32 Å². The highest BCUT2D eigenvalue weighted by molar-refractivity contribution is 6.06. The van der Waals surface area contributed by atoms with Gasteiger partial charge in [-0.25, -0.2) is 0 Å². The quantitative estimate of drug-likeness (QED) is 0.406. The van der Waals surface area contributed by atoms with E-state index in [0.717, 1.165) is 16.8 Å². The number of benzene rings is 3. The van der Waals surface area contributed by atoms with Crippen molar-refractivity contribution in [1.29, 1.82) is 0 Å². The Balaban J connectivity index is 1.49. The van der Waals surface area contributed by atoms with Crippen LogP contribution in [0.3, 0.4) is 0 Å². The number of furan rings is 1. The standard InChI is InChI=1S/C28H26N2O3/c1-21-9-11-23(12-10-21)20-30(28(32)24-6-3-2-4-7-24)25-15-13-22(14-16-25)18-27(31)29-19-26-8-5-17-33-26/h2-17H,18-20H2,1H3,(H,29,31). The summed E-state index contributed by atoms with van der Waals surface area (Å²) in [5.41, 5.74) is 4.51. The minimum atomic E-state index is -0.0870. The lowest BCUT2D eigenvalue weighted by molar-refractivity contribution is -0.120. The van der Waals surface area contributed by atoms with Gasteiger partial charge in [-0.15, -0.1) is 0 Å². The average Bonchev–Trinajstić information content (AvgIpc) is 3.37. The van der Waals surface area contributed by atoms with Crippen LogP contribution < -0.4 is 10.2 Å². The van der Waals surface area contributed by atoms with Crippen LogP contribution in [0.1, 0.15) is 32.8 Å². The summed E-state index contributed by atoms with van der Waals surface area (Å²) in [5, 5.41) is 2.85. The van der Waals surface area contributed by atoms with Crippen LogP contribution in [-0.4, -0.2) is 11.8 Å². The highest BCUT2D eigenvalue weighted by Gasteiger charge is 2.18. The molecule has 0 saturated heterocycles. The molecule has 2 amide bonds. The van der Waals surface area contributed by atoms with Crippen molar-refractivity contribution in [2.75, 3.05) is 4.90 Å². The molecule has 1 heterocycles. The monoisotopic (exact) mass is 438 g/mol. The highest BCUT2D eigenvalue weighted by Crippen LogP contribution is 2.22. The van der Waals surface area contributed by atoms with Crippen molar-refractivity contribution in [3.05, 3.63) is 125 Å². The first-order valence-corrected chi connectivity index (χ1v) is 10.9. The number of nitrogens with one attached hydrogen (secondary N) is 1. The Morgan fingerprint density at radius 1 is 0.818 bits per heavy atom. The van der Waals surface area contributed by atoms with Crippen molar-refractivity contribution >= 4 is 17.5 Å². The van der Waals surface area contributed by atoms with Gasteiger partial charge in [0.05, 0.1) is 25.8 Å². The number of anilines is 1. The van der Waals surface area contributed by atoms with Crippen LogP contribution in [0.25, 0.3) is 0 Å². The number of hydrogen-bond acceptors (Lipinski definition) is 3. The predicted octanol–water partition coefficient (Wildman–Crippen LogP) is 5.29. The van der Waals surface area contributed by atoms with Crippen LogP contribution >= 0.6 is 0 Å². The minimum Gasteiger partial charge on any atom is -0.467 e. The highest BCUT2D eigenvalue weighted by atomic mass is 16.3. The summed E-state index contributed by atoms with van der Waals surface area (Å²) in [7, 11) is 0. The summed E-state index contributed by atoms with van der Waals surface area (Å²) in [4.78, 5) is 27.4. The molecule has 0 fully saturated rings. The van der Waals surface area contributed by atoms with Gasteiger partial charge in [0.2, 0.25) is 5.91 Å². The van der Waals surface area contributed by atoms with E-state index in [0.29, 0.717) is 24.4 Å². The lowest BCUT2D eigenvalue weighted by atomic mass is 10.1. The smallest absolute Gasteiger partial charge is 0.258 e. The molecule has 5 heteroatoms. The largest absolute Gasteiger partial charge is 0.467 e. The first-order valence-electron chi connectivity index (χ1n) is 10.9. The zero-order chi connectivity index (χ0) is 23.0. The SMILES string of the molecule is Cc1ccc(CN(C(=O)c2ccccc2)c2ccc(CC(=O)NCc3ccco3)cc2)cc1. The van der Waals surface area contributed by atoms with Crippen LogP contribution in [0.5, 0.6) is 0 Å². The molecule has 4 rings (SSSR count). The Morgan fingerprint density at radius 3 is 2.18 bits per heavy atom. The van der Waals surface area contributed by atoms with Crippen molar-refractivity contribution in [2.24, 2.45) is 0 Å². The summed E-state index contributed by atoms with van der Waals surface area (Å²) in [6.07, 6.45) is 1.84. The van der Waals surface area contributed by atoms with Crippen LogP contribution in [0.15, 0.2) is 102 Å². The molecule has 0 spiro atoms. The van der Waals surface area contributed by atoms with Gasteiger partial charge in [-0.1, -0.05) is 60.2 Å². The van der Waals surface area contributed by atoms with E-state index < -0.39 is 0 Å². The second kappa shape index (κ2) is 10.5. The van der Waals surface area contributed by atoms with Crippen LogP contribution in [0.4, 0.5) is 5.69 Å². The van der Waals surface area contributed by atoms with E-state index in [-0.39, 0.29) is 18.2 Å². The van der Waals surface area contributed by atoms with E-state index in [1.807, 2.05) is 91.9 Å². The summed E-state index contributed by atoms with van der Waals surface area (Å²) < 4.78 is 5.24. The van der Waals surface area contributed by atoms with Gasteiger partial charge in [0, 0.05) is 11.3 Å². The summed E-state index contributed by atoms with van der Waals surface area (Å²) in [6.45, 7) is 2.86. The third-order valence-electron chi connectivity index (χ3n) is 5.38. The van der Waals surface area contributed by atoms with Crippen molar-refractivity contribution in [3.63, 3.8) is 0 Å². The molecule has 0 aliphatic heterocycles. The van der Waals surface area contributed by atoms with Crippen molar-refractivity contribution in [3.8, 4) is 0 Å². The summed E-state index contributed by atoms with van der Waals surface area (Å²) in [5.74, 6) is 0.556. The van der Waals surface area contributed by atoms with Gasteiger partial charge >= 0.3 is 0 Å². The van der Waals surface area contributed by atoms with Gasteiger partial charge in [0.25, 0.3) is 5.91 Å². The number of carbonyl (C=O) groups is 2. The normalized spacial score (nSPS) is 10.6. The van der Waals surface area contributed by atoms with Gasteiger partial charge < -0.3 is 14.6 Å². The molecule has 1 N–H and O–H groups in total. The second-order valence-electron chi connectivity index (χ2n) is 7.94. The Bertz CT molecular complexity index is 1180. The summed E-state index contributed by atoms with van der Waals surface area (Å²) in [6, 6.07) is 28.6. The molecule has 166 valence electrons. The van der Waals surface area contributed by atoms with Gasteiger partial charge in [0.1, 0.15) is 5.76 Å². The fourth-order valence-corrected chi connectivity index (χ4v) is 3.53. The molecule has 1 aromatic heterocycles. The Kier molecular flexibility index (Phi) is 7.00. The minimum absolute atomic E-state index is 0.0693. The third-order valence-corrected chi connectivity index (χ3v) is 5.38. The molecule has 0 atom stereocenters. The first kappa shape index (κ1) is 22.1. The lowest BCUT2D eigenvalue weighted by Gasteiger charge is -2.23. The van der Waals surface area contributed by atoms with Crippen LogP contribution in [0, 0.1) is 6.92 Å². The molecule has 0 saturated carbocycles. The number of carbonyl (C=O) groups excluding carboxylic acids is 2. The number of amides is 2. The van der Waals surface area contributed by atoms with E-state index in [9.17, 15) is 9.59 Å². The molecule has 33 heavy (non-hydrogen) atoms. The molecular formula is C28H26N2O3. The number of hydrogen-bond donors (Lipinski definition) is 1. The molecule has 0 bridgehead atoms. The first-order chi connectivity index (χ1) is 16.1. The zero-order valence-electron chi connectivity index (χ0n) is 18.5. The Hall–Kier alpha value is -4.12. The molecular weight excluding hydrogens is 412 g/mol. The number of rotatable bonds is 8. The molecule has 0 aliphatic rings. The molecule has 0 aliphatic carbocycles. The fourth-order valence-electron chi connectivity index (χ4n) is 3.53. The second-order valence-corrected chi connectivity index (χ2v) is 7.94. The van der Waals surface area contributed by atoms with Crippen molar-refractivity contribution in [2.45, 2.75) is 26.4 Å². The third kappa shape index (κ3) is 5.98. The molecule has 3 aromatic carbocycles. The molecule has 0 unspecified atom stereocenters. The van der Waals surface area contributed by atoms with E-state index >= 15 is 0 Å². The van der Waals surface area contributed by atoms with Crippen molar-refractivity contribution < 1.29 is 14.0 Å². The predicted molar refractivity (Wildman–Crippen MR) is 129 cm³/mol. The number of aryl methyl sites for hydroxylation is 1. The van der Waals surface area contributed by atoms with E-state index in [1.165, 1.54) is 5.56 Å². The van der Waals surface area contributed by atoms with Gasteiger partial charge in [0.15, 0.2) is 0 Å². The fraction of sp³-hybridized carbons (Fsp3) is 0.143. The topological polar surface area (TPSA) is 62.6 Å². The molecule has 4 aromatic rings. The molecule has 0 radical (unpaired) electrons. The van der Waals surface area contributed by atoms with Gasteiger partial charge in [-0.2, -0.15) is 0 Å². The van der Waals surface area contributed by atoms with Gasteiger partial charge in [-0.05, 0) is 54.4 Å². The lowest BCUT2D eigenvalue weighted by Crippen LogP contribution is -2.30. The van der Waals surface area contributed by atoms with Crippen LogP contribution in [-0.2, 0) is 24.3 Å². The molecule has 5 nitrogen and oxygen atoms in total.